The summed E-state index contributed by atoms with van der Waals surface area (Å²) in [6, 6.07) is 8.95. The van der Waals surface area contributed by atoms with Gasteiger partial charge in [0, 0.05) is 6.54 Å². The molecule has 1 aromatic heterocycles. The number of aromatic hydroxyl groups is 1. The van der Waals surface area contributed by atoms with Gasteiger partial charge in [0.25, 0.3) is 0 Å². The maximum atomic E-state index is 9.73. The lowest BCUT2D eigenvalue weighted by atomic mass is 10.0. The Hall–Kier alpha value is -2.15. The molecule has 0 aliphatic rings. The van der Waals surface area contributed by atoms with Gasteiger partial charge in [-0.05, 0) is 54.0 Å². The highest BCUT2D eigenvalue weighted by Crippen LogP contribution is 2.36. The van der Waals surface area contributed by atoms with E-state index in [0.717, 1.165) is 23.1 Å². The molecular formula is C18H16Cl2N4OS. The molecule has 0 amide bonds. The first-order valence-corrected chi connectivity index (χ1v) is 9.09. The van der Waals surface area contributed by atoms with Gasteiger partial charge in [-0.15, -0.1) is 0 Å². The number of rotatable bonds is 4. The first-order valence-electron chi connectivity index (χ1n) is 7.93. The van der Waals surface area contributed by atoms with Gasteiger partial charge in [-0.1, -0.05) is 36.2 Å². The number of anilines is 1. The van der Waals surface area contributed by atoms with Gasteiger partial charge in [0.05, 0.1) is 27.3 Å². The molecule has 0 saturated heterocycles. The summed E-state index contributed by atoms with van der Waals surface area (Å²) in [7, 11) is 0. The normalized spacial score (nSPS) is 10.9. The van der Waals surface area contributed by atoms with Gasteiger partial charge < -0.3 is 15.7 Å². The Bertz CT molecular complexity index is 973. The lowest BCUT2D eigenvalue weighted by Crippen LogP contribution is -2.36. The van der Waals surface area contributed by atoms with Crippen molar-refractivity contribution in [2.45, 2.75) is 13.3 Å². The second kappa shape index (κ2) is 7.61. The molecule has 5 nitrogen and oxygen atoms in total. The molecule has 0 atom stereocenters. The predicted octanol–water partition coefficient (Wildman–Crippen LogP) is 4.77. The Morgan fingerprint density at radius 1 is 1.15 bits per heavy atom. The Morgan fingerprint density at radius 2 is 1.85 bits per heavy atom. The zero-order valence-corrected chi connectivity index (χ0v) is 16.2. The minimum atomic E-state index is -0.133. The van der Waals surface area contributed by atoms with E-state index in [4.69, 9.17) is 41.2 Å². The van der Waals surface area contributed by atoms with Crippen LogP contribution in [-0.4, -0.2) is 26.7 Å². The fourth-order valence-electron chi connectivity index (χ4n) is 2.60. The highest BCUT2D eigenvalue weighted by Gasteiger charge is 2.13. The van der Waals surface area contributed by atoms with Crippen LogP contribution in [0, 0.1) is 0 Å². The zero-order valence-electron chi connectivity index (χ0n) is 13.9. The number of thiocarbonyl (C=S) groups is 1. The second-order valence-electron chi connectivity index (χ2n) is 5.71. The van der Waals surface area contributed by atoms with Crippen molar-refractivity contribution in [3.05, 3.63) is 46.6 Å². The summed E-state index contributed by atoms with van der Waals surface area (Å²) in [6.07, 6.45) is 2.53. The maximum absolute atomic E-state index is 9.73. The summed E-state index contributed by atoms with van der Waals surface area (Å²) in [6.45, 7) is 2.70. The lowest BCUT2D eigenvalue weighted by molar-refractivity contribution is 0.476. The monoisotopic (exact) mass is 406 g/mol. The molecule has 0 aliphatic heterocycles. The third kappa shape index (κ3) is 3.67. The van der Waals surface area contributed by atoms with Crippen molar-refractivity contribution in [3.63, 3.8) is 0 Å². The van der Waals surface area contributed by atoms with E-state index in [1.54, 1.807) is 23.2 Å². The fourth-order valence-corrected chi connectivity index (χ4v) is 3.28. The van der Waals surface area contributed by atoms with Crippen LogP contribution in [0.3, 0.4) is 0 Å². The number of phenols is 1. The predicted molar refractivity (Wildman–Crippen MR) is 111 cm³/mol. The van der Waals surface area contributed by atoms with Gasteiger partial charge in [-0.25, -0.2) is 4.98 Å². The number of hydrogen-bond donors (Lipinski definition) is 2. The molecule has 0 unspecified atom stereocenters. The van der Waals surface area contributed by atoms with E-state index < -0.39 is 0 Å². The first-order chi connectivity index (χ1) is 12.4. The number of fused-ring (bicyclic) bond motifs is 1. The Kier molecular flexibility index (Phi) is 5.46. The van der Waals surface area contributed by atoms with Gasteiger partial charge >= 0.3 is 0 Å². The molecule has 0 bridgehead atoms. The largest absolute Gasteiger partial charge is 0.505 e. The number of benzene rings is 2. The quantitative estimate of drug-likeness (QED) is 0.607. The summed E-state index contributed by atoms with van der Waals surface area (Å²) in [5.41, 5.74) is 8.86. The van der Waals surface area contributed by atoms with Crippen molar-refractivity contribution in [2.24, 2.45) is 5.73 Å². The van der Waals surface area contributed by atoms with Crippen LogP contribution >= 0.6 is 35.4 Å². The third-order valence-electron chi connectivity index (χ3n) is 3.87. The number of nitrogens with zero attached hydrogens (tertiary/aromatic N) is 3. The third-order valence-corrected chi connectivity index (χ3v) is 4.67. The highest BCUT2D eigenvalue weighted by atomic mass is 35.5. The van der Waals surface area contributed by atoms with Crippen molar-refractivity contribution in [1.29, 1.82) is 0 Å². The summed E-state index contributed by atoms with van der Waals surface area (Å²) in [4.78, 5) is 10.8. The van der Waals surface area contributed by atoms with E-state index in [-0.39, 0.29) is 20.9 Å². The molecule has 134 valence electrons. The van der Waals surface area contributed by atoms with Gasteiger partial charge in [-0.3, -0.25) is 4.98 Å². The molecule has 26 heavy (non-hydrogen) atoms. The average molecular weight is 407 g/mol. The Balaban J connectivity index is 2.09. The van der Waals surface area contributed by atoms with Crippen molar-refractivity contribution in [3.8, 4) is 16.9 Å². The SMILES string of the molecule is CCCN(C(N)=S)c1cnc2ccc(-c3cc(Cl)c(O)c(Cl)c3)cc2n1. The van der Waals surface area contributed by atoms with Crippen LogP contribution in [0.1, 0.15) is 13.3 Å². The van der Waals surface area contributed by atoms with Crippen molar-refractivity contribution in [1.82, 2.24) is 9.97 Å². The van der Waals surface area contributed by atoms with Crippen molar-refractivity contribution in [2.75, 3.05) is 11.4 Å². The number of nitrogens with two attached hydrogens (primary N) is 1. The molecule has 0 spiro atoms. The number of halogens is 2. The number of phenolic OH excluding ortho intramolecular Hbond substituents is 1. The highest BCUT2D eigenvalue weighted by molar-refractivity contribution is 7.80. The maximum Gasteiger partial charge on any atom is 0.172 e. The first kappa shape index (κ1) is 18.6. The summed E-state index contributed by atoms with van der Waals surface area (Å²) in [5, 5.41) is 10.4. The lowest BCUT2D eigenvalue weighted by Gasteiger charge is -2.20. The van der Waals surface area contributed by atoms with Crippen molar-refractivity contribution < 1.29 is 5.11 Å². The van der Waals surface area contributed by atoms with E-state index in [9.17, 15) is 5.11 Å². The Morgan fingerprint density at radius 3 is 2.46 bits per heavy atom. The molecule has 3 aromatic rings. The zero-order chi connectivity index (χ0) is 18.8. The molecule has 3 N–H and O–H groups in total. The Labute approximate surface area is 166 Å². The van der Waals surface area contributed by atoms with Crippen molar-refractivity contribution >= 4 is 57.4 Å². The van der Waals surface area contributed by atoms with Crippen LogP contribution in [0.2, 0.25) is 10.0 Å². The van der Waals surface area contributed by atoms with Crippen LogP contribution in [0.25, 0.3) is 22.2 Å². The standard InChI is InChI=1S/C18H16Cl2N4OS/c1-2-5-24(18(21)26)16-9-22-14-4-3-10(8-15(14)23-16)11-6-12(19)17(25)13(20)7-11/h3-4,6-9,25H,2,5H2,1H3,(H2,21,26). The van der Waals surface area contributed by atoms with Crippen LogP contribution in [0.15, 0.2) is 36.5 Å². The van der Waals surface area contributed by atoms with Gasteiger partial charge in [-0.2, -0.15) is 0 Å². The second-order valence-corrected chi connectivity index (χ2v) is 6.94. The van der Waals surface area contributed by atoms with Crippen LogP contribution in [0.5, 0.6) is 5.75 Å². The van der Waals surface area contributed by atoms with Crippen LogP contribution in [0.4, 0.5) is 5.82 Å². The van der Waals surface area contributed by atoms with Crippen LogP contribution < -0.4 is 10.6 Å². The van der Waals surface area contributed by atoms with Crippen LogP contribution in [-0.2, 0) is 0 Å². The number of aromatic nitrogens is 2. The topological polar surface area (TPSA) is 75.3 Å². The smallest absolute Gasteiger partial charge is 0.172 e. The minimum Gasteiger partial charge on any atom is -0.505 e. The van der Waals surface area contributed by atoms with Gasteiger partial charge in [0.15, 0.2) is 16.7 Å². The van der Waals surface area contributed by atoms with E-state index in [1.807, 2.05) is 25.1 Å². The molecule has 2 aromatic carbocycles. The van der Waals surface area contributed by atoms with E-state index in [2.05, 4.69) is 9.97 Å². The summed E-state index contributed by atoms with van der Waals surface area (Å²) < 4.78 is 0. The van der Waals surface area contributed by atoms with E-state index in [0.29, 0.717) is 17.9 Å². The summed E-state index contributed by atoms with van der Waals surface area (Å²) in [5.74, 6) is 0.470. The molecule has 0 fully saturated rings. The minimum absolute atomic E-state index is 0.133. The van der Waals surface area contributed by atoms with Gasteiger partial charge in [0.1, 0.15) is 0 Å². The molecule has 0 saturated carbocycles. The number of hydrogen-bond acceptors (Lipinski definition) is 4. The summed E-state index contributed by atoms with van der Waals surface area (Å²) >= 11 is 17.2. The molecule has 0 aliphatic carbocycles. The van der Waals surface area contributed by atoms with E-state index in [1.165, 1.54) is 0 Å². The van der Waals surface area contributed by atoms with Gasteiger partial charge in [0.2, 0.25) is 0 Å². The fraction of sp³-hybridized carbons (Fsp3) is 0.167. The molecular weight excluding hydrogens is 391 g/mol. The molecule has 8 heteroatoms. The molecule has 0 radical (unpaired) electrons. The molecule has 3 rings (SSSR count). The molecule has 1 heterocycles. The average Bonchev–Trinajstić information content (AvgIpc) is 2.62. The van der Waals surface area contributed by atoms with E-state index >= 15 is 0 Å².